The van der Waals surface area contributed by atoms with E-state index < -0.39 is 0 Å². The quantitative estimate of drug-likeness (QED) is 0.387. The lowest BCUT2D eigenvalue weighted by molar-refractivity contribution is 0.379. The van der Waals surface area contributed by atoms with E-state index in [9.17, 15) is 0 Å². The van der Waals surface area contributed by atoms with Crippen LogP contribution < -0.4 is 10.6 Å². The van der Waals surface area contributed by atoms with Gasteiger partial charge in [0.25, 0.3) is 0 Å². The molecule has 0 fully saturated rings. The molecule has 0 unspecified atom stereocenters. The van der Waals surface area contributed by atoms with Crippen LogP contribution in [0.1, 0.15) is 38.0 Å². The van der Waals surface area contributed by atoms with Crippen molar-refractivity contribution in [2.75, 3.05) is 13.6 Å². The molecule has 1 aromatic carbocycles. The number of aliphatic imine (C=N–C) groups is 1. The van der Waals surface area contributed by atoms with Crippen molar-refractivity contribution < 1.29 is 4.42 Å². The average molecular weight is 477 g/mol. The fraction of sp³-hybridized carbons (Fsp3) is 0.444. The number of guanidine groups is 1. The van der Waals surface area contributed by atoms with Gasteiger partial charge in [-0.3, -0.25) is 4.99 Å². The van der Waals surface area contributed by atoms with Crippen LogP contribution >= 0.6 is 35.6 Å². The summed E-state index contributed by atoms with van der Waals surface area (Å²) in [6.07, 6.45) is 2.61. The molecular formula is C18H26ClIN4O. The predicted octanol–water partition coefficient (Wildman–Crippen LogP) is 4.15. The van der Waals surface area contributed by atoms with Crippen LogP contribution in [0, 0.1) is 0 Å². The summed E-state index contributed by atoms with van der Waals surface area (Å²) in [5, 5.41) is 7.25. The minimum atomic E-state index is -0.0415. The highest BCUT2D eigenvalue weighted by atomic mass is 127. The summed E-state index contributed by atoms with van der Waals surface area (Å²) in [4.78, 5) is 8.50. The number of hydrogen-bond acceptors (Lipinski definition) is 3. The smallest absolute Gasteiger partial charge is 0.213 e. The van der Waals surface area contributed by atoms with Gasteiger partial charge in [0.05, 0.1) is 12.7 Å². The monoisotopic (exact) mass is 476 g/mol. The Morgan fingerprint density at radius 3 is 2.56 bits per heavy atom. The zero-order chi connectivity index (χ0) is 17.6. The molecule has 2 aromatic rings. The molecule has 0 bridgehead atoms. The van der Waals surface area contributed by atoms with E-state index in [1.165, 1.54) is 0 Å². The van der Waals surface area contributed by atoms with E-state index in [1.54, 1.807) is 13.2 Å². The number of halogens is 2. The average Bonchev–Trinajstić information content (AvgIpc) is 3.01. The fourth-order valence-electron chi connectivity index (χ4n) is 2.14. The summed E-state index contributed by atoms with van der Waals surface area (Å²) in [6, 6.07) is 7.85. The number of hydrogen-bond donors (Lipinski definition) is 2. The van der Waals surface area contributed by atoms with Crippen LogP contribution in [0.5, 0.6) is 0 Å². The first kappa shape index (κ1) is 21.8. The second-order valence-corrected chi connectivity index (χ2v) is 6.97. The highest BCUT2D eigenvalue weighted by Crippen LogP contribution is 2.22. The first-order valence-corrected chi connectivity index (χ1v) is 8.41. The van der Waals surface area contributed by atoms with Crippen LogP contribution in [0.3, 0.4) is 0 Å². The number of oxazole rings is 1. The maximum Gasteiger partial charge on any atom is 0.213 e. The molecule has 0 saturated heterocycles. The molecule has 7 heteroatoms. The van der Waals surface area contributed by atoms with Gasteiger partial charge in [-0.25, -0.2) is 4.98 Å². The molecule has 0 radical (unpaired) electrons. The van der Waals surface area contributed by atoms with Crippen molar-refractivity contribution in [1.29, 1.82) is 0 Å². The van der Waals surface area contributed by atoms with Crippen molar-refractivity contribution in [3.05, 3.63) is 52.7 Å². The van der Waals surface area contributed by atoms with Crippen LogP contribution in [-0.2, 0) is 18.4 Å². The number of nitrogens with one attached hydrogen (secondary N) is 2. The van der Waals surface area contributed by atoms with Gasteiger partial charge in [0, 0.05) is 24.0 Å². The van der Waals surface area contributed by atoms with Gasteiger partial charge >= 0.3 is 0 Å². The van der Waals surface area contributed by atoms with Crippen LogP contribution in [0.2, 0.25) is 5.02 Å². The van der Waals surface area contributed by atoms with Crippen molar-refractivity contribution in [3.8, 4) is 0 Å². The van der Waals surface area contributed by atoms with E-state index in [4.69, 9.17) is 16.0 Å². The molecular weight excluding hydrogens is 451 g/mol. The Morgan fingerprint density at radius 2 is 1.96 bits per heavy atom. The molecule has 0 saturated carbocycles. The Morgan fingerprint density at radius 1 is 1.24 bits per heavy atom. The lowest BCUT2D eigenvalue weighted by Crippen LogP contribution is -2.37. The van der Waals surface area contributed by atoms with Crippen molar-refractivity contribution in [1.82, 2.24) is 15.6 Å². The van der Waals surface area contributed by atoms with Crippen molar-refractivity contribution in [2.45, 2.75) is 39.2 Å². The topological polar surface area (TPSA) is 62.5 Å². The van der Waals surface area contributed by atoms with E-state index in [2.05, 4.69) is 41.4 Å². The van der Waals surface area contributed by atoms with Gasteiger partial charge in [0.1, 0.15) is 5.76 Å². The van der Waals surface area contributed by atoms with Gasteiger partial charge in [-0.05, 0) is 18.1 Å². The normalized spacial score (nSPS) is 11.8. The number of benzene rings is 1. The van der Waals surface area contributed by atoms with E-state index in [0.29, 0.717) is 18.4 Å². The van der Waals surface area contributed by atoms with E-state index in [-0.39, 0.29) is 29.4 Å². The molecule has 0 aliphatic carbocycles. The number of aromatic nitrogens is 1. The molecule has 0 aliphatic rings. The summed E-state index contributed by atoms with van der Waals surface area (Å²) in [5.74, 6) is 2.23. The Hall–Kier alpha value is -1.28. The minimum absolute atomic E-state index is 0. The van der Waals surface area contributed by atoms with Gasteiger partial charge in [-0.15, -0.1) is 24.0 Å². The highest BCUT2D eigenvalue weighted by molar-refractivity contribution is 14.0. The lowest BCUT2D eigenvalue weighted by Gasteiger charge is -2.13. The standard InChI is InChI=1S/C18H25ClN4O.HI/c1-18(2,3)15-11-22-16(24-15)12-23-17(20-4)21-10-9-13-7-5-6-8-14(13)19;/h5-8,11H,9-10,12H2,1-4H3,(H2,20,21,23);1H. The molecule has 0 atom stereocenters. The third-order valence-corrected chi connectivity index (χ3v) is 3.94. The highest BCUT2D eigenvalue weighted by Gasteiger charge is 2.19. The zero-order valence-corrected chi connectivity index (χ0v) is 18.2. The first-order chi connectivity index (χ1) is 11.4. The summed E-state index contributed by atoms with van der Waals surface area (Å²) in [5.41, 5.74) is 1.07. The summed E-state index contributed by atoms with van der Waals surface area (Å²) >= 11 is 6.16. The maximum absolute atomic E-state index is 6.16. The Balaban J connectivity index is 0.00000312. The van der Waals surface area contributed by atoms with Crippen LogP contribution in [-0.4, -0.2) is 24.5 Å². The number of rotatable bonds is 5. The summed E-state index contributed by atoms with van der Waals surface area (Å²) in [6.45, 7) is 7.52. The van der Waals surface area contributed by atoms with Gasteiger partial charge in [0.2, 0.25) is 5.89 Å². The molecule has 5 nitrogen and oxygen atoms in total. The predicted molar refractivity (Wildman–Crippen MR) is 114 cm³/mol. The van der Waals surface area contributed by atoms with E-state index >= 15 is 0 Å². The zero-order valence-electron chi connectivity index (χ0n) is 15.1. The fourth-order valence-corrected chi connectivity index (χ4v) is 2.37. The second kappa shape index (κ2) is 10.0. The third-order valence-electron chi connectivity index (χ3n) is 3.57. The molecule has 0 amide bonds. The van der Waals surface area contributed by atoms with Gasteiger partial charge < -0.3 is 15.1 Å². The van der Waals surface area contributed by atoms with Crippen LogP contribution in [0.15, 0.2) is 39.9 Å². The van der Waals surface area contributed by atoms with E-state index in [1.807, 2.05) is 24.3 Å². The Bertz CT molecular complexity index is 694. The summed E-state index contributed by atoms with van der Waals surface area (Å²) < 4.78 is 5.76. The SMILES string of the molecule is CN=C(NCCc1ccccc1Cl)NCc1ncc(C(C)(C)C)o1.I. The third kappa shape index (κ3) is 6.86. The molecule has 0 spiro atoms. The largest absolute Gasteiger partial charge is 0.443 e. The van der Waals surface area contributed by atoms with Crippen molar-refractivity contribution >= 4 is 41.5 Å². The molecule has 1 heterocycles. The van der Waals surface area contributed by atoms with Gasteiger partial charge in [-0.2, -0.15) is 0 Å². The number of nitrogens with zero attached hydrogens (tertiary/aromatic N) is 2. The van der Waals surface area contributed by atoms with Crippen molar-refractivity contribution in [3.63, 3.8) is 0 Å². The van der Waals surface area contributed by atoms with Gasteiger partial charge in [0.15, 0.2) is 5.96 Å². The molecule has 138 valence electrons. The lowest BCUT2D eigenvalue weighted by atomic mass is 9.94. The van der Waals surface area contributed by atoms with Crippen molar-refractivity contribution in [2.24, 2.45) is 4.99 Å². The molecule has 2 rings (SSSR count). The van der Waals surface area contributed by atoms with Crippen LogP contribution in [0.4, 0.5) is 0 Å². The second-order valence-electron chi connectivity index (χ2n) is 6.56. The molecule has 2 N–H and O–H groups in total. The van der Waals surface area contributed by atoms with Gasteiger partial charge in [-0.1, -0.05) is 50.6 Å². The molecule has 1 aromatic heterocycles. The van der Waals surface area contributed by atoms with Crippen LogP contribution in [0.25, 0.3) is 0 Å². The minimum Gasteiger partial charge on any atom is -0.443 e. The maximum atomic E-state index is 6.16. The first-order valence-electron chi connectivity index (χ1n) is 8.03. The van der Waals surface area contributed by atoms with E-state index in [0.717, 1.165) is 29.3 Å². The Kier molecular flexibility index (Phi) is 8.71. The molecule has 0 aliphatic heterocycles. The summed E-state index contributed by atoms with van der Waals surface area (Å²) in [7, 11) is 1.74. The molecule has 25 heavy (non-hydrogen) atoms. The Labute approximate surface area is 171 Å².